The van der Waals surface area contributed by atoms with Gasteiger partial charge in [-0.25, -0.2) is 4.90 Å². The Morgan fingerprint density at radius 1 is 0.837 bits per heavy atom. The van der Waals surface area contributed by atoms with Crippen LogP contribution in [0.1, 0.15) is 116 Å². The van der Waals surface area contributed by atoms with Crippen LogP contribution in [0, 0.1) is 5.92 Å². The van der Waals surface area contributed by atoms with Crippen molar-refractivity contribution in [1.29, 1.82) is 0 Å². The number of rotatable bonds is 7. The Bertz CT molecular complexity index is 1650. The first kappa shape index (κ1) is 33.6. The first-order valence-electron chi connectivity index (χ1n) is 17.8. The van der Waals surface area contributed by atoms with Crippen molar-refractivity contribution < 1.29 is 29.0 Å². The minimum Gasteiger partial charge on any atom is -0.392 e. The molecule has 1 aliphatic carbocycles. The van der Waals surface area contributed by atoms with Crippen molar-refractivity contribution in [2.75, 3.05) is 11.4 Å². The van der Waals surface area contributed by atoms with Gasteiger partial charge in [0.1, 0.15) is 0 Å². The molecule has 3 aromatic carbocycles. The van der Waals surface area contributed by atoms with Gasteiger partial charge in [0, 0.05) is 30.1 Å². The van der Waals surface area contributed by atoms with Gasteiger partial charge in [-0.15, -0.1) is 0 Å². The van der Waals surface area contributed by atoms with E-state index in [9.17, 15) is 19.5 Å². The van der Waals surface area contributed by atoms with Crippen LogP contribution in [0.3, 0.4) is 0 Å². The number of hydrogen-bond donors (Lipinski definition) is 2. The van der Waals surface area contributed by atoms with Gasteiger partial charge < -0.3 is 19.9 Å². The molecule has 49 heavy (non-hydrogen) atoms. The molecule has 3 aromatic rings. The quantitative estimate of drug-likeness (QED) is 0.279. The Morgan fingerprint density at radius 2 is 1.49 bits per heavy atom. The summed E-state index contributed by atoms with van der Waals surface area (Å²) in [5.74, 6) is -0.00486. The standard InChI is InChI=1S/C40H47N3O6/c1-40(2,3)41-36(45)34-21-18-26-8-4-7-11-33(26)42(34)23-30-22-35(27-14-12-25(24-44)13-15-27)49-39(48-30)28-16-19-29(20-17-28)43-37(46)31-9-5-6-10-32(31)38(43)47/h5-6,9-10,12-17,19-20,26,30,33-35,39,44H,4,7-8,11,18,21-24H2,1-3H3,(H,41,45). The minimum absolute atomic E-state index is 0.0326. The summed E-state index contributed by atoms with van der Waals surface area (Å²) in [5, 5.41) is 12.9. The Labute approximate surface area is 288 Å². The van der Waals surface area contributed by atoms with Gasteiger partial charge in [-0.1, -0.05) is 61.4 Å². The highest BCUT2D eigenvalue weighted by atomic mass is 16.7. The number of imide groups is 1. The van der Waals surface area contributed by atoms with Crippen molar-refractivity contribution in [3.8, 4) is 0 Å². The lowest BCUT2D eigenvalue weighted by Gasteiger charge is -2.50. The molecule has 3 aliphatic heterocycles. The van der Waals surface area contributed by atoms with Crippen molar-refractivity contribution in [2.45, 2.75) is 108 Å². The number of nitrogens with zero attached hydrogens (tertiary/aromatic N) is 2. The lowest BCUT2D eigenvalue weighted by atomic mass is 9.75. The second-order valence-electron chi connectivity index (χ2n) is 15.1. The smallest absolute Gasteiger partial charge is 0.266 e. The SMILES string of the molecule is CC(C)(C)NC(=O)C1CCC2CCCCC2N1CC1CC(c2ccc(CO)cc2)OC(c2ccc(N3C(=O)c4ccccc4C3=O)cc2)O1. The summed E-state index contributed by atoms with van der Waals surface area (Å²) in [4.78, 5) is 43.7. The molecule has 0 radical (unpaired) electrons. The maximum atomic E-state index is 13.7. The van der Waals surface area contributed by atoms with Crippen LogP contribution in [-0.4, -0.2) is 58.0 Å². The van der Waals surface area contributed by atoms with E-state index in [1.54, 1.807) is 36.4 Å². The van der Waals surface area contributed by atoms with Crippen LogP contribution in [-0.2, 0) is 20.9 Å². The third kappa shape index (κ3) is 6.95. The van der Waals surface area contributed by atoms with E-state index in [0.29, 0.717) is 41.7 Å². The molecule has 9 nitrogen and oxygen atoms in total. The monoisotopic (exact) mass is 665 g/mol. The fraction of sp³-hybridized carbons (Fsp3) is 0.475. The predicted octanol–water partition coefficient (Wildman–Crippen LogP) is 6.46. The second kappa shape index (κ2) is 13.8. The number of ether oxygens (including phenoxy) is 2. The van der Waals surface area contributed by atoms with Crippen LogP contribution in [0.2, 0.25) is 0 Å². The van der Waals surface area contributed by atoms with Gasteiger partial charge in [0.15, 0.2) is 6.29 Å². The molecule has 7 rings (SSSR count). The van der Waals surface area contributed by atoms with Crippen LogP contribution in [0.5, 0.6) is 0 Å². The van der Waals surface area contributed by atoms with Crippen LogP contribution in [0.25, 0.3) is 0 Å². The van der Waals surface area contributed by atoms with E-state index < -0.39 is 6.29 Å². The predicted molar refractivity (Wildman–Crippen MR) is 186 cm³/mol. The van der Waals surface area contributed by atoms with Crippen molar-refractivity contribution >= 4 is 23.4 Å². The first-order valence-corrected chi connectivity index (χ1v) is 17.8. The molecule has 3 fully saturated rings. The zero-order valence-electron chi connectivity index (χ0n) is 28.6. The number of piperidine rings is 1. The van der Waals surface area contributed by atoms with E-state index in [2.05, 4.69) is 10.2 Å². The third-order valence-corrected chi connectivity index (χ3v) is 10.6. The van der Waals surface area contributed by atoms with E-state index in [4.69, 9.17) is 9.47 Å². The van der Waals surface area contributed by atoms with Crippen LogP contribution in [0.4, 0.5) is 5.69 Å². The summed E-state index contributed by atoms with van der Waals surface area (Å²) in [6, 6.07) is 22.1. The van der Waals surface area contributed by atoms with E-state index in [1.807, 2.05) is 57.2 Å². The summed E-state index contributed by atoms with van der Waals surface area (Å²) >= 11 is 0. The van der Waals surface area contributed by atoms with Gasteiger partial charge in [0.05, 0.1) is 41.7 Å². The molecule has 258 valence electrons. The summed E-state index contributed by atoms with van der Waals surface area (Å²) in [6.45, 7) is 6.66. The average molecular weight is 666 g/mol. The van der Waals surface area contributed by atoms with Crippen LogP contribution >= 0.6 is 0 Å². The molecule has 6 unspecified atom stereocenters. The number of likely N-dealkylation sites (tertiary alicyclic amines) is 1. The molecule has 2 N–H and O–H groups in total. The maximum Gasteiger partial charge on any atom is 0.266 e. The molecular formula is C40H47N3O6. The van der Waals surface area contributed by atoms with Crippen molar-refractivity contribution in [3.05, 3.63) is 101 Å². The molecule has 9 heteroatoms. The van der Waals surface area contributed by atoms with Gasteiger partial charge in [0.25, 0.3) is 11.8 Å². The molecule has 3 heterocycles. The van der Waals surface area contributed by atoms with Crippen LogP contribution < -0.4 is 10.2 Å². The third-order valence-electron chi connectivity index (χ3n) is 10.6. The molecule has 0 bridgehead atoms. The number of amides is 3. The molecule has 4 aliphatic rings. The largest absolute Gasteiger partial charge is 0.392 e. The van der Waals surface area contributed by atoms with Gasteiger partial charge in [-0.2, -0.15) is 0 Å². The normalized spacial score (nSPS) is 27.5. The Morgan fingerprint density at radius 3 is 2.14 bits per heavy atom. The number of benzene rings is 3. The highest BCUT2D eigenvalue weighted by Crippen LogP contribution is 2.42. The Kier molecular flexibility index (Phi) is 9.45. The lowest BCUT2D eigenvalue weighted by molar-refractivity contribution is -0.255. The summed E-state index contributed by atoms with van der Waals surface area (Å²) < 4.78 is 13.4. The number of nitrogens with one attached hydrogen (secondary N) is 1. The molecule has 2 saturated heterocycles. The summed E-state index contributed by atoms with van der Waals surface area (Å²) in [7, 11) is 0. The Balaban J connectivity index is 1.16. The number of carbonyl (C=O) groups is 3. The number of anilines is 1. The molecular weight excluding hydrogens is 618 g/mol. The number of fused-ring (bicyclic) bond motifs is 2. The zero-order chi connectivity index (χ0) is 34.3. The van der Waals surface area contributed by atoms with E-state index >= 15 is 0 Å². The lowest BCUT2D eigenvalue weighted by Crippen LogP contribution is -2.61. The number of hydrogen-bond acceptors (Lipinski definition) is 7. The van der Waals surface area contributed by atoms with Gasteiger partial charge in [-0.3, -0.25) is 19.3 Å². The highest BCUT2D eigenvalue weighted by Gasteiger charge is 2.44. The number of aliphatic hydroxyl groups is 1. The summed E-state index contributed by atoms with van der Waals surface area (Å²) in [6.07, 6.45) is 6.02. The minimum atomic E-state index is -0.703. The average Bonchev–Trinajstić information content (AvgIpc) is 3.36. The number of carbonyl (C=O) groups excluding carboxylic acids is 3. The zero-order valence-corrected chi connectivity index (χ0v) is 28.6. The van der Waals surface area contributed by atoms with Gasteiger partial charge in [0.2, 0.25) is 5.91 Å². The van der Waals surface area contributed by atoms with Crippen molar-refractivity contribution in [3.63, 3.8) is 0 Å². The van der Waals surface area contributed by atoms with E-state index in [1.165, 1.54) is 24.2 Å². The summed E-state index contributed by atoms with van der Waals surface area (Å²) in [5.41, 5.74) is 3.58. The van der Waals surface area contributed by atoms with Crippen molar-refractivity contribution in [2.24, 2.45) is 5.92 Å². The highest BCUT2D eigenvalue weighted by molar-refractivity contribution is 6.34. The van der Waals surface area contributed by atoms with Crippen molar-refractivity contribution in [1.82, 2.24) is 10.2 Å². The Hall–Kier alpha value is -3.89. The first-order chi connectivity index (χ1) is 23.6. The van der Waals surface area contributed by atoms with Gasteiger partial charge >= 0.3 is 0 Å². The molecule has 0 aromatic heterocycles. The van der Waals surface area contributed by atoms with Gasteiger partial charge in [-0.05, 0) is 87.8 Å². The molecule has 3 amide bonds. The maximum absolute atomic E-state index is 13.7. The fourth-order valence-electron chi connectivity index (χ4n) is 8.20. The fourth-order valence-corrected chi connectivity index (χ4v) is 8.20. The van der Waals surface area contributed by atoms with E-state index in [-0.39, 0.29) is 48.1 Å². The topological polar surface area (TPSA) is 108 Å². The number of aliphatic hydroxyl groups excluding tert-OH is 1. The molecule has 1 saturated carbocycles. The molecule has 0 spiro atoms. The van der Waals surface area contributed by atoms with Crippen LogP contribution in [0.15, 0.2) is 72.8 Å². The van der Waals surface area contributed by atoms with E-state index in [0.717, 1.165) is 36.0 Å². The molecule has 6 atom stereocenters. The second-order valence-corrected chi connectivity index (χ2v) is 15.1.